The number of aromatic nitrogens is 4. The third-order valence-electron chi connectivity index (χ3n) is 2.77. The third kappa shape index (κ3) is 1.77. The van der Waals surface area contributed by atoms with Gasteiger partial charge in [-0.15, -0.1) is 0 Å². The Morgan fingerprint density at radius 2 is 1.94 bits per heavy atom. The quantitative estimate of drug-likeness (QED) is 0.651. The van der Waals surface area contributed by atoms with E-state index in [1.165, 1.54) is 0 Å². The van der Waals surface area contributed by atoms with Gasteiger partial charge in [-0.05, 0) is 12.1 Å². The van der Waals surface area contributed by atoms with Crippen LogP contribution in [-0.4, -0.2) is 29.4 Å². The Bertz CT molecular complexity index is 699. The summed E-state index contributed by atoms with van der Waals surface area (Å²) in [6, 6.07) is 3.75. The monoisotopic (exact) mass is 244 g/mol. The van der Waals surface area contributed by atoms with Crippen LogP contribution in [0.3, 0.4) is 0 Å². The molecule has 0 aliphatic carbocycles. The molecule has 0 saturated carbocycles. The van der Waals surface area contributed by atoms with Crippen LogP contribution in [0.4, 0.5) is 0 Å². The molecule has 0 fully saturated rings. The highest BCUT2D eigenvalue weighted by molar-refractivity contribution is 5.63. The van der Waals surface area contributed by atoms with E-state index in [4.69, 9.17) is 10.2 Å². The van der Waals surface area contributed by atoms with E-state index in [1.807, 2.05) is 31.6 Å². The van der Waals surface area contributed by atoms with Crippen LogP contribution in [0.2, 0.25) is 0 Å². The number of hydrogen-bond donors (Lipinski definition) is 2. The molecule has 0 aliphatic rings. The summed E-state index contributed by atoms with van der Waals surface area (Å²) in [6.07, 6.45) is 5.62. The number of imidazole rings is 1. The maximum Gasteiger partial charge on any atom is 0.197 e. The second-order valence-electron chi connectivity index (χ2n) is 4.13. The maximum absolute atomic E-state index is 9.08. The maximum atomic E-state index is 9.08. The molecule has 92 valence electrons. The van der Waals surface area contributed by atoms with E-state index in [9.17, 15) is 0 Å². The minimum atomic E-state index is -1.55. The molecule has 0 aromatic carbocycles. The molecule has 0 radical (unpaired) electrons. The van der Waals surface area contributed by atoms with Gasteiger partial charge in [0, 0.05) is 36.8 Å². The van der Waals surface area contributed by atoms with Gasteiger partial charge < -0.3 is 14.6 Å². The summed E-state index contributed by atoms with van der Waals surface area (Å²) in [6.45, 7) is 0. The summed E-state index contributed by atoms with van der Waals surface area (Å²) in [4.78, 5) is 4.09. The minimum Gasteiger partial charge on any atom is -0.363 e. The number of pyridine rings is 1. The Balaban J connectivity index is 2.10. The molecule has 0 bridgehead atoms. The first-order valence-electron chi connectivity index (χ1n) is 5.47. The fourth-order valence-electron chi connectivity index (χ4n) is 1.88. The van der Waals surface area contributed by atoms with Crippen molar-refractivity contribution in [2.75, 3.05) is 0 Å². The van der Waals surface area contributed by atoms with Crippen molar-refractivity contribution >= 4 is 5.65 Å². The van der Waals surface area contributed by atoms with Gasteiger partial charge in [-0.25, -0.2) is 4.98 Å². The zero-order chi connectivity index (χ0) is 12.7. The van der Waals surface area contributed by atoms with Crippen molar-refractivity contribution in [3.8, 4) is 11.1 Å². The first-order chi connectivity index (χ1) is 8.63. The van der Waals surface area contributed by atoms with Gasteiger partial charge in [0.1, 0.15) is 11.3 Å². The molecule has 0 unspecified atom stereocenters. The van der Waals surface area contributed by atoms with E-state index in [0.29, 0.717) is 5.65 Å². The molecule has 0 amide bonds. The van der Waals surface area contributed by atoms with Crippen molar-refractivity contribution in [1.82, 2.24) is 19.2 Å². The van der Waals surface area contributed by atoms with Crippen LogP contribution in [0, 0.1) is 0 Å². The van der Waals surface area contributed by atoms with Gasteiger partial charge in [-0.1, -0.05) is 0 Å². The van der Waals surface area contributed by atoms with Gasteiger partial charge >= 0.3 is 0 Å². The number of rotatable bonds is 2. The molecule has 0 atom stereocenters. The Kier molecular flexibility index (Phi) is 2.39. The van der Waals surface area contributed by atoms with Crippen molar-refractivity contribution in [2.45, 2.75) is 6.29 Å². The SMILES string of the molecule is Cn1cc(-c2ccc3nc(C(O)O)cn3c2)cn1. The molecule has 3 rings (SSSR count). The van der Waals surface area contributed by atoms with Crippen molar-refractivity contribution < 1.29 is 10.2 Å². The molecule has 2 N–H and O–H groups in total. The van der Waals surface area contributed by atoms with Gasteiger partial charge in [0.25, 0.3) is 0 Å². The smallest absolute Gasteiger partial charge is 0.197 e. The highest BCUT2D eigenvalue weighted by atomic mass is 16.5. The average molecular weight is 244 g/mol. The lowest BCUT2D eigenvalue weighted by molar-refractivity contribution is -0.0454. The summed E-state index contributed by atoms with van der Waals surface area (Å²) in [5.41, 5.74) is 2.90. The lowest BCUT2D eigenvalue weighted by Crippen LogP contribution is -1.93. The van der Waals surface area contributed by atoms with Crippen LogP contribution in [-0.2, 0) is 7.05 Å². The third-order valence-corrected chi connectivity index (χ3v) is 2.77. The van der Waals surface area contributed by atoms with Crippen LogP contribution >= 0.6 is 0 Å². The largest absolute Gasteiger partial charge is 0.363 e. The summed E-state index contributed by atoms with van der Waals surface area (Å²) < 4.78 is 3.49. The van der Waals surface area contributed by atoms with E-state index in [-0.39, 0.29) is 5.69 Å². The molecule has 3 aromatic rings. The van der Waals surface area contributed by atoms with Crippen LogP contribution in [0.25, 0.3) is 16.8 Å². The van der Waals surface area contributed by atoms with Crippen LogP contribution < -0.4 is 0 Å². The second kappa shape index (κ2) is 3.94. The fourth-order valence-corrected chi connectivity index (χ4v) is 1.88. The minimum absolute atomic E-state index is 0.235. The van der Waals surface area contributed by atoms with E-state index in [2.05, 4.69) is 10.1 Å². The van der Waals surface area contributed by atoms with Crippen LogP contribution in [0.5, 0.6) is 0 Å². The van der Waals surface area contributed by atoms with E-state index >= 15 is 0 Å². The number of hydrogen-bond acceptors (Lipinski definition) is 4. The molecule has 0 saturated heterocycles. The molecule has 0 spiro atoms. The first kappa shape index (κ1) is 10.9. The Morgan fingerprint density at radius 1 is 1.11 bits per heavy atom. The summed E-state index contributed by atoms with van der Waals surface area (Å²) in [5, 5.41) is 22.3. The number of aliphatic hydroxyl groups excluding tert-OH is 1. The molecule has 3 aromatic heterocycles. The topological polar surface area (TPSA) is 75.6 Å². The van der Waals surface area contributed by atoms with Crippen molar-refractivity contribution in [2.24, 2.45) is 7.05 Å². The normalized spacial score (nSPS) is 11.6. The molecule has 3 heterocycles. The van der Waals surface area contributed by atoms with E-state index < -0.39 is 6.29 Å². The number of aryl methyl sites for hydroxylation is 1. The van der Waals surface area contributed by atoms with Gasteiger partial charge in [0.2, 0.25) is 0 Å². The van der Waals surface area contributed by atoms with Crippen molar-refractivity contribution in [3.05, 3.63) is 42.6 Å². The van der Waals surface area contributed by atoms with Gasteiger partial charge in [-0.2, -0.15) is 5.10 Å². The second-order valence-corrected chi connectivity index (χ2v) is 4.13. The van der Waals surface area contributed by atoms with Crippen LogP contribution in [0.15, 0.2) is 36.9 Å². The molecule has 6 nitrogen and oxygen atoms in total. The van der Waals surface area contributed by atoms with Gasteiger partial charge in [0.05, 0.1) is 6.20 Å². The Hall–Kier alpha value is -2.18. The van der Waals surface area contributed by atoms with E-state index in [1.54, 1.807) is 21.5 Å². The number of nitrogens with zero attached hydrogens (tertiary/aromatic N) is 4. The molecule has 18 heavy (non-hydrogen) atoms. The average Bonchev–Trinajstić information content (AvgIpc) is 2.93. The lowest BCUT2D eigenvalue weighted by Gasteiger charge is -1.98. The fraction of sp³-hybridized carbons (Fsp3) is 0.167. The van der Waals surface area contributed by atoms with Crippen molar-refractivity contribution in [3.63, 3.8) is 0 Å². The highest BCUT2D eigenvalue weighted by Crippen LogP contribution is 2.20. The Morgan fingerprint density at radius 3 is 2.61 bits per heavy atom. The predicted octanol–water partition coefficient (Wildman–Crippen LogP) is 0.718. The summed E-state index contributed by atoms with van der Waals surface area (Å²) in [7, 11) is 1.86. The van der Waals surface area contributed by atoms with Crippen molar-refractivity contribution in [1.29, 1.82) is 0 Å². The molecular formula is C12H12N4O2. The standard InChI is InChI=1S/C12H12N4O2/c1-15-5-9(4-13-15)8-2-3-11-14-10(12(17)18)7-16(11)6-8/h2-7,12,17-18H,1H3. The number of aliphatic hydroxyl groups is 2. The molecular weight excluding hydrogens is 232 g/mol. The van der Waals surface area contributed by atoms with Gasteiger partial charge in [-0.3, -0.25) is 4.68 Å². The first-order valence-corrected chi connectivity index (χ1v) is 5.47. The highest BCUT2D eigenvalue weighted by Gasteiger charge is 2.09. The Labute approximate surface area is 103 Å². The zero-order valence-electron chi connectivity index (χ0n) is 9.72. The summed E-state index contributed by atoms with van der Waals surface area (Å²) >= 11 is 0. The molecule has 6 heteroatoms. The zero-order valence-corrected chi connectivity index (χ0v) is 9.72. The predicted molar refractivity (Wildman–Crippen MR) is 64.6 cm³/mol. The van der Waals surface area contributed by atoms with E-state index in [0.717, 1.165) is 11.1 Å². The number of fused-ring (bicyclic) bond motifs is 1. The summed E-state index contributed by atoms with van der Waals surface area (Å²) in [5.74, 6) is 0. The lowest BCUT2D eigenvalue weighted by atomic mass is 10.2. The molecule has 0 aliphatic heterocycles. The van der Waals surface area contributed by atoms with Crippen LogP contribution in [0.1, 0.15) is 12.0 Å². The van der Waals surface area contributed by atoms with Gasteiger partial charge in [0.15, 0.2) is 6.29 Å².